The van der Waals surface area contributed by atoms with E-state index in [-0.39, 0.29) is 0 Å². The van der Waals surface area contributed by atoms with Gasteiger partial charge < -0.3 is 9.64 Å². The van der Waals surface area contributed by atoms with Crippen LogP contribution >= 0.6 is 0 Å². The van der Waals surface area contributed by atoms with Gasteiger partial charge in [0.05, 0.1) is 0 Å². The van der Waals surface area contributed by atoms with Gasteiger partial charge >= 0.3 is 0 Å². The van der Waals surface area contributed by atoms with Crippen molar-refractivity contribution < 1.29 is 4.74 Å². The van der Waals surface area contributed by atoms with Crippen molar-refractivity contribution in [3.8, 4) is 0 Å². The van der Waals surface area contributed by atoms with Crippen molar-refractivity contribution in [1.29, 1.82) is 0 Å². The number of hydrogen-bond acceptors (Lipinski definition) is 3. The van der Waals surface area contributed by atoms with Crippen molar-refractivity contribution in [1.82, 2.24) is 9.88 Å². The fraction of sp³-hybridized carbons (Fsp3) is 0.615. The lowest BCUT2D eigenvalue weighted by Gasteiger charge is -2.08. The summed E-state index contributed by atoms with van der Waals surface area (Å²) in [5.41, 5.74) is 2.50. The average Bonchev–Trinajstić information content (AvgIpc) is 2.73. The number of ether oxygens (including phenoxy) is 1. The Morgan fingerprint density at radius 3 is 2.38 bits per heavy atom. The number of rotatable bonds is 2. The van der Waals surface area contributed by atoms with Crippen LogP contribution in [0.1, 0.15) is 24.0 Å². The third kappa shape index (κ3) is 5.83. The van der Waals surface area contributed by atoms with Gasteiger partial charge in [0.1, 0.15) is 0 Å². The zero-order chi connectivity index (χ0) is 11.8. The maximum absolute atomic E-state index is 4.94. The first-order valence-electron chi connectivity index (χ1n) is 5.81. The molecule has 0 aliphatic carbocycles. The van der Waals surface area contributed by atoms with Gasteiger partial charge in [-0.3, -0.25) is 4.98 Å². The molecule has 16 heavy (non-hydrogen) atoms. The van der Waals surface area contributed by atoms with E-state index in [9.17, 15) is 0 Å². The molecule has 0 amide bonds. The fourth-order valence-electron chi connectivity index (χ4n) is 1.58. The maximum atomic E-state index is 4.94. The Bertz CT molecular complexity index is 288. The van der Waals surface area contributed by atoms with Gasteiger partial charge in [-0.2, -0.15) is 0 Å². The molecule has 3 heteroatoms. The summed E-state index contributed by atoms with van der Waals surface area (Å²) in [4.78, 5) is 6.25. The van der Waals surface area contributed by atoms with Crippen molar-refractivity contribution in [3.05, 3.63) is 29.6 Å². The van der Waals surface area contributed by atoms with Gasteiger partial charge in [-0.05, 0) is 45.0 Å². The minimum absolute atomic E-state index is 0.967. The first-order valence-corrected chi connectivity index (χ1v) is 5.81. The Labute approximate surface area is 98.4 Å². The Morgan fingerprint density at radius 1 is 1.25 bits per heavy atom. The molecule has 2 heterocycles. The first-order chi connectivity index (χ1) is 7.68. The topological polar surface area (TPSA) is 25.4 Å². The Balaban J connectivity index is 0.000000212. The van der Waals surface area contributed by atoms with E-state index < -0.39 is 0 Å². The summed E-state index contributed by atoms with van der Waals surface area (Å²) in [7, 11) is 4.12. The minimum Gasteiger partial charge on any atom is -0.381 e. The van der Waals surface area contributed by atoms with E-state index in [1.807, 2.05) is 12.4 Å². The highest BCUT2D eigenvalue weighted by atomic mass is 16.5. The lowest BCUT2D eigenvalue weighted by molar-refractivity contribution is 0.198. The summed E-state index contributed by atoms with van der Waals surface area (Å²) >= 11 is 0. The molecule has 0 bridgehead atoms. The van der Waals surface area contributed by atoms with E-state index in [4.69, 9.17) is 4.74 Å². The van der Waals surface area contributed by atoms with Crippen molar-refractivity contribution in [2.45, 2.75) is 26.3 Å². The smallest absolute Gasteiger partial charge is 0.0466 e. The van der Waals surface area contributed by atoms with Gasteiger partial charge in [-0.15, -0.1) is 0 Å². The third-order valence-corrected chi connectivity index (χ3v) is 2.26. The van der Waals surface area contributed by atoms with Crippen molar-refractivity contribution in [3.63, 3.8) is 0 Å². The summed E-state index contributed by atoms with van der Waals surface area (Å²) in [6.45, 7) is 5.03. The predicted octanol–water partition coefficient (Wildman–Crippen LogP) is 2.25. The molecule has 2 rings (SSSR count). The van der Waals surface area contributed by atoms with E-state index in [0.717, 1.165) is 19.8 Å². The highest BCUT2D eigenvalue weighted by Crippen LogP contribution is 2.02. The summed E-state index contributed by atoms with van der Waals surface area (Å²) < 4.78 is 4.94. The number of aromatic nitrogens is 1. The molecule has 1 fully saturated rings. The maximum Gasteiger partial charge on any atom is 0.0466 e. The molecule has 0 spiro atoms. The Kier molecular flexibility index (Phi) is 6.04. The lowest BCUT2D eigenvalue weighted by Crippen LogP contribution is -2.10. The van der Waals surface area contributed by atoms with Gasteiger partial charge in [0, 0.05) is 32.2 Å². The summed E-state index contributed by atoms with van der Waals surface area (Å²) in [6.07, 6.45) is 6.34. The van der Waals surface area contributed by atoms with Crippen LogP contribution in [0.25, 0.3) is 0 Å². The molecule has 0 unspecified atom stereocenters. The molecule has 1 aliphatic heterocycles. The normalized spacial score (nSPS) is 14.8. The van der Waals surface area contributed by atoms with Crippen molar-refractivity contribution in [2.24, 2.45) is 0 Å². The van der Waals surface area contributed by atoms with Crippen LogP contribution in [0.2, 0.25) is 0 Å². The Hall–Kier alpha value is -0.930. The zero-order valence-electron chi connectivity index (χ0n) is 10.6. The molecule has 1 aromatic rings. The second-order valence-electron chi connectivity index (χ2n) is 4.43. The molecule has 90 valence electrons. The van der Waals surface area contributed by atoms with Crippen LogP contribution in [0.5, 0.6) is 0 Å². The molecular formula is C13H22N2O. The van der Waals surface area contributed by atoms with Crippen molar-refractivity contribution >= 4 is 0 Å². The van der Waals surface area contributed by atoms with Crippen LogP contribution in [0.3, 0.4) is 0 Å². The standard InChI is InChI=1S/C9H14N2.C4H8O/c1-8-4-9(6-10-5-8)7-11(2)3;1-2-4-5-3-1/h4-6H,7H2,1-3H3;1-4H2. The van der Waals surface area contributed by atoms with E-state index >= 15 is 0 Å². The average molecular weight is 222 g/mol. The van der Waals surface area contributed by atoms with E-state index in [1.54, 1.807) is 0 Å². The number of pyridine rings is 1. The second kappa shape index (κ2) is 7.36. The summed E-state index contributed by atoms with van der Waals surface area (Å²) in [5.74, 6) is 0. The molecule has 0 N–H and O–H groups in total. The van der Waals surface area contributed by atoms with E-state index in [0.29, 0.717) is 0 Å². The molecule has 1 aromatic heterocycles. The monoisotopic (exact) mass is 222 g/mol. The van der Waals surface area contributed by atoms with Gasteiger partial charge in [-0.1, -0.05) is 6.07 Å². The molecule has 1 aliphatic rings. The highest BCUT2D eigenvalue weighted by Gasteiger charge is 1.95. The van der Waals surface area contributed by atoms with Gasteiger partial charge in [0.25, 0.3) is 0 Å². The predicted molar refractivity (Wildman–Crippen MR) is 66.4 cm³/mol. The van der Waals surface area contributed by atoms with Crippen LogP contribution in [-0.2, 0) is 11.3 Å². The molecular weight excluding hydrogens is 200 g/mol. The SMILES string of the molecule is C1CCOC1.Cc1cncc(CN(C)C)c1. The van der Waals surface area contributed by atoms with Gasteiger partial charge in [0.15, 0.2) is 0 Å². The van der Waals surface area contributed by atoms with Crippen LogP contribution in [0.4, 0.5) is 0 Å². The van der Waals surface area contributed by atoms with Gasteiger partial charge in [-0.25, -0.2) is 0 Å². The Morgan fingerprint density at radius 2 is 1.94 bits per heavy atom. The summed E-state index contributed by atoms with van der Waals surface area (Å²) in [5, 5.41) is 0. The molecule has 0 radical (unpaired) electrons. The molecule has 3 nitrogen and oxygen atoms in total. The van der Waals surface area contributed by atoms with E-state index in [2.05, 4.69) is 37.0 Å². The minimum atomic E-state index is 0.967. The zero-order valence-corrected chi connectivity index (χ0v) is 10.6. The van der Waals surface area contributed by atoms with Crippen LogP contribution in [-0.4, -0.2) is 37.2 Å². The fourth-order valence-corrected chi connectivity index (χ4v) is 1.58. The molecule has 1 saturated heterocycles. The quantitative estimate of drug-likeness (QED) is 0.767. The second-order valence-corrected chi connectivity index (χ2v) is 4.43. The van der Waals surface area contributed by atoms with Crippen LogP contribution in [0.15, 0.2) is 18.5 Å². The lowest BCUT2D eigenvalue weighted by atomic mass is 10.2. The molecule has 0 atom stereocenters. The number of hydrogen-bond donors (Lipinski definition) is 0. The molecule has 0 aromatic carbocycles. The molecule has 0 saturated carbocycles. The highest BCUT2D eigenvalue weighted by molar-refractivity contribution is 5.16. The van der Waals surface area contributed by atoms with Gasteiger partial charge in [0.2, 0.25) is 0 Å². The van der Waals surface area contributed by atoms with Crippen molar-refractivity contribution in [2.75, 3.05) is 27.3 Å². The third-order valence-electron chi connectivity index (χ3n) is 2.26. The largest absolute Gasteiger partial charge is 0.381 e. The summed E-state index contributed by atoms with van der Waals surface area (Å²) in [6, 6.07) is 2.16. The number of aryl methyl sites for hydroxylation is 1. The van der Waals surface area contributed by atoms with E-state index in [1.165, 1.54) is 24.0 Å². The number of nitrogens with zero attached hydrogens (tertiary/aromatic N) is 2. The van der Waals surface area contributed by atoms with Crippen LogP contribution < -0.4 is 0 Å². The van der Waals surface area contributed by atoms with Crippen LogP contribution in [0, 0.1) is 6.92 Å². The first kappa shape index (κ1) is 13.1.